The number of carbonyl (C=O) groups excluding carboxylic acids is 4. The van der Waals surface area contributed by atoms with Gasteiger partial charge in [0.15, 0.2) is 0 Å². The fraction of sp³-hybridized carbons (Fsp3) is 0.913. The molecule has 0 aromatic rings. The molecule has 72 heavy (non-hydrogen) atoms. The molecule has 0 spiro atoms. The van der Waals surface area contributed by atoms with Crippen molar-refractivity contribution in [2.45, 2.75) is 137 Å². The fourth-order valence-corrected chi connectivity index (χ4v) is 6.95. The fourth-order valence-electron chi connectivity index (χ4n) is 6.95. The molecule has 3 aliphatic heterocycles. The summed E-state index contributed by atoms with van der Waals surface area (Å²) in [7, 11) is 3.33. The SMILES string of the molecule is CBr.CC1CN(C(=O)OC(C)(C)C)CC(C)N1.COCCOCCOCCN1C(C)CN(C(=O)OC(C)(C)C)CC1C.COCCOCCOCCN1C(C)CNCC1C.O=CC(F)(F)F.O=CO[O-].[H-].[K+].[K+]. The molecule has 3 heterocycles. The minimum atomic E-state index is -4.64. The first kappa shape index (κ1) is 81.6. The van der Waals surface area contributed by atoms with Crippen molar-refractivity contribution < 1.29 is 185 Å². The van der Waals surface area contributed by atoms with E-state index in [1.165, 1.54) is 0 Å². The molecule has 3 rings (SSSR count). The van der Waals surface area contributed by atoms with Crippen LogP contribution in [0.2, 0.25) is 0 Å². The van der Waals surface area contributed by atoms with E-state index in [4.69, 9.17) is 52.7 Å². The van der Waals surface area contributed by atoms with Crippen molar-refractivity contribution in [3.63, 3.8) is 0 Å². The third kappa shape index (κ3) is 48.0. The van der Waals surface area contributed by atoms with Crippen molar-refractivity contribution in [2.24, 2.45) is 0 Å². The average molecular weight is 1170 g/mol. The van der Waals surface area contributed by atoms with Crippen LogP contribution in [0.3, 0.4) is 0 Å². The van der Waals surface area contributed by atoms with Gasteiger partial charge >= 0.3 is 121 Å². The van der Waals surface area contributed by atoms with E-state index in [9.17, 15) is 22.8 Å². The smallest absolute Gasteiger partial charge is 1.00 e. The summed E-state index contributed by atoms with van der Waals surface area (Å²) >= 11 is 2.94. The predicted octanol–water partition coefficient (Wildman–Crippen LogP) is -1.74. The van der Waals surface area contributed by atoms with Gasteiger partial charge in [0.1, 0.15) is 11.2 Å². The summed E-state index contributed by atoms with van der Waals surface area (Å²) in [5, 5.41) is 15.2. The number of methoxy groups -OCH3 is 2. The minimum absolute atomic E-state index is 0. The van der Waals surface area contributed by atoms with Crippen LogP contribution in [0.1, 0.15) is 84.5 Å². The molecule has 26 heteroatoms. The molecule has 2 amide bonds. The van der Waals surface area contributed by atoms with Crippen LogP contribution < -0.4 is 119 Å². The van der Waals surface area contributed by atoms with Gasteiger partial charge in [-0.1, -0.05) is 15.9 Å². The number of aldehydes is 1. The Morgan fingerprint density at radius 2 is 0.889 bits per heavy atom. The van der Waals surface area contributed by atoms with E-state index < -0.39 is 23.7 Å². The number of hydrogen-bond donors (Lipinski definition) is 2. The normalized spacial score (nSPS) is 21.2. The number of alkyl halides is 4. The van der Waals surface area contributed by atoms with E-state index >= 15 is 0 Å². The molecule has 3 saturated heterocycles. The zero-order valence-electron chi connectivity index (χ0n) is 47.9. The number of hydrogen-bond acceptors (Lipinski definition) is 18. The first-order valence-electron chi connectivity index (χ1n) is 23.6. The molecule has 6 unspecified atom stereocenters. The molecule has 0 aromatic heterocycles. The molecule has 6 atom stereocenters. The first-order valence-corrected chi connectivity index (χ1v) is 25.2. The maximum Gasteiger partial charge on any atom is 1.00 e. The van der Waals surface area contributed by atoms with Gasteiger partial charge in [0.2, 0.25) is 6.29 Å². The topological polar surface area (TPSA) is 211 Å². The number of nitrogens with zero attached hydrogens (tertiary/aromatic N) is 4. The first-order chi connectivity index (χ1) is 32.7. The summed E-state index contributed by atoms with van der Waals surface area (Å²) < 4.78 is 73.8. The average Bonchev–Trinajstić information content (AvgIpc) is 3.26. The molecule has 0 aromatic carbocycles. The number of piperazine rings is 3. The van der Waals surface area contributed by atoms with Gasteiger partial charge in [-0.15, -0.1) is 0 Å². The molecule has 0 aliphatic carbocycles. The number of rotatable bonds is 19. The van der Waals surface area contributed by atoms with Crippen molar-refractivity contribution in [3.8, 4) is 0 Å². The van der Waals surface area contributed by atoms with Crippen LogP contribution >= 0.6 is 15.9 Å². The van der Waals surface area contributed by atoms with Crippen LogP contribution in [0.5, 0.6) is 0 Å². The second-order valence-corrected chi connectivity index (χ2v) is 18.6. The quantitative estimate of drug-likeness (QED) is 0.0367. The summed E-state index contributed by atoms with van der Waals surface area (Å²) in [6, 6.07) is 2.41. The van der Waals surface area contributed by atoms with Crippen molar-refractivity contribution >= 4 is 40.9 Å². The third-order valence-corrected chi connectivity index (χ3v) is 9.74. The Hall–Kier alpha value is 0.783. The summed E-state index contributed by atoms with van der Waals surface area (Å²) in [5.74, 6) is 1.81. The summed E-state index contributed by atoms with van der Waals surface area (Å²) in [6.45, 7) is 37.3. The molecule has 3 fully saturated rings. The van der Waals surface area contributed by atoms with E-state index in [-0.39, 0.29) is 135 Å². The van der Waals surface area contributed by atoms with Crippen molar-refractivity contribution in [3.05, 3.63) is 0 Å². The second-order valence-electron chi connectivity index (χ2n) is 18.6. The largest absolute Gasteiger partial charge is 1.00 e. The Kier molecular flexibility index (Phi) is 55.4. The molecule has 0 bridgehead atoms. The standard InChI is InChI=1S/C18H36N2O5.C13H28N2O3.C11H22N2O2.C2HF3O.CH3Br.CH2O3.2K.H/c1-15-13-19(17(21)25-18(3,4)5)14-16(2)20(15)7-8-23-11-12-24-10-9-22-6;1-12-10-14-11-13(2)15(12)4-5-17-8-9-18-7-6-16-3;1-8-6-13(7-9(2)12-8)10(14)15-11(3,4)5;3-2(4,5)1-6;1-2;2-1-4-3;;;/h15-16H,7-14H2,1-6H3;12-14H,4-11H2,1-3H3;8-9,12H,6-7H2,1-5H3;1H;1H3;1,3H;;;/q;;;;;;2*+1;-1/p-1. The van der Waals surface area contributed by atoms with Crippen molar-refractivity contribution in [1.82, 2.24) is 30.2 Å². The van der Waals surface area contributed by atoms with Gasteiger partial charge in [-0.3, -0.25) is 19.4 Å². The van der Waals surface area contributed by atoms with Gasteiger partial charge in [-0.05, 0) is 88.9 Å². The maximum absolute atomic E-state index is 12.3. The van der Waals surface area contributed by atoms with Crippen LogP contribution in [0, 0.1) is 0 Å². The molecule has 0 saturated carbocycles. The zero-order chi connectivity index (χ0) is 54.3. The van der Waals surface area contributed by atoms with Gasteiger partial charge in [0, 0.05) is 103 Å². The zero-order valence-corrected chi connectivity index (χ0v) is 54.7. The Morgan fingerprint density at radius 3 is 1.18 bits per heavy atom. The molecular formula is C46H92BrF3K2N6O14. The molecule has 3 aliphatic rings. The Labute approximate surface area is 524 Å². The minimum Gasteiger partial charge on any atom is -1.00 e. The van der Waals surface area contributed by atoms with E-state index in [1.54, 1.807) is 19.1 Å². The molecule has 420 valence electrons. The number of carbonyl (C=O) groups is 4. The van der Waals surface area contributed by atoms with Gasteiger partial charge < -0.3 is 69.9 Å². The Bertz CT molecular complexity index is 1300. The summed E-state index contributed by atoms with van der Waals surface area (Å²) in [6.07, 6.45) is -6.13. The molecule has 2 N–H and O–H groups in total. The molecule has 0 radical (unpaired) electrons. The monoisotopic (exact) mass is 1170 g/mol. The van der Waals surface area contributed by atoms with E-state index in [2.05, 4.69) is 82.8 Å². The predicted molar refractivity (Wildman–Crippen MR) is 264 cm³/mol. The Balaban J connectivity index is -0.000000208. The van der Waals surface area contributed by atoms with E-state index in [0.717, 1.165) is 45.9 Å². The van der Waals surface area contributed by atoms with Crippen molar-refractivity contribution in [2.75, 3.05) is 138 Å². The number of halogens is 4. The third-order valence-electron chi connectivity index (χ3n) is 9.74. The molecular weight excluding hydrogens is 1080 g/mol. The van der Waals surface area contributed by atoms with E-state index in [0.29, 0.717) is 96.7 Å². The van der Waals surface area contributed by atoms with Crippen LogP contribution in [0.25, 0.3) is 0 Å². The van der Waals surface area contributed by atoms with Crippen LogP contribution in [-0.4, -0.2) is 237 Å². The van der Waals surface area contributed by atoms with Crippen LogP contribution in [0.15, 0.2) is 0 Å². The summed E-state index contributed by atoms with van der Waals surface area (Å²) in [5.41, 5.74) is -0.867. The maximum atomic E-state index is 12.3. The van der Waals surface area contributed by atoms with E-state index in [1.807, 2.05) is 52.3 Å². The van der Waals surface area contributed by atoms with Gasteiger partial charge in [-0.25, -0.2) is 9.59 Å². The molecule has 20 nitrogen and oxygen atoms in total. The van der Waals surface area contributed by atoms with Gasteiger partial charge in [0.05, 0.1) is 66.1 Å². The second kappa shape index (κ2) is 48.9. The van der Waals surface area contributed by atoms with Crippen LogP contribution in [0.4, 0.5) is 22.8 Å². The van der Waals surface area contributed by atoms with Gasteiger partial charge in [-0.2, -0.15) is 13.2 Å². The van der Waals surface area contributed by atoms with Gasteiger partial charge in [0.25, 0.3) is 6.47 Å². The number of nitrogens with one attached hydrogen (secondary N) is 2. The van der Waals surface area contributed by atoms with Crippen molar-refractivity contribution in [1.29, 1.82) is 0 Å². The Morgan fingerprint density at radius 1 is 0.597 bits per heavy atom. The number of ether oxygens (including phenoxy) is 8. The van der Waals surface area contributed by atoms with Crippen LogP contribution in [-0.2, 0) is 52.4 Å². The summed E-state index contributed by atoms with van der Waals surface area (Å²) in [4.78, 5) is 52.5. The number of amides is 2.